The third-order valence-electron chi connectivity index (χ3n) is 2.95. The van der Waals surface area contributed by atoms with Crippen LogP contribution < -0.4 is 0 Å². The predicted octanol–water partition coefficient (Wildman–Crippen LogP) is 2.22. The molecule has 0 aromatic carbocycles. The molecular weight excluding hydrogens is 249 g/mol. The predicted molar refractivity (Wildman–Crippen MR) is 73.7 cm³/mol. The topological polar surface area (TPSA) is 91.3 Å². The fourth-order valence-corrected chi connectivity index (χ4v) is 6.50. The van der Waals surface area contributed by atoms with Gasteiger partial charge in [-0.2, -0.15) is 0 Å². The van der Waals surface area contributed by atoms with Crippen LogP contribution in [0.2, 0.25) is 0 Å². The molecule has 0 aromatic rings. The van der Waals surface area contributed by atoms with Crippen molar-refractivity contribution in [2.45, 2.75) is 52.6 Å². The maximum absolute atomic E-state index is 10.8. The number of hydrogen-bond donors (Lipinski definition) is 2. The van der Waals surface area contributed by atoms with E-state index in [1.165, 1.54) is 0 Å². The number of hydrogen-bond acceptors (Lipinski definition) is 5. The molecule has 0 heterocycles. The van der Waals surface area contributed by atoms with Crippen molar-refractivity contribution in [3.63, 3.8) is 0 Å². The molecule has 0 atom stereocenters. The third kappa shape index (κ3) is 4.19. The van der Waals surface area contributed by atoms with E-state index in [0.29, 0.717) is 0 Å². The quantitative estimate of drug-likeness (QED) is 0.694. The molecule has 0 spiro atoms. The van der Waals surface area contributed by atoms with Crippen molar-refractivity contribution in [1.82, 2.24) is 4.67 Å². The van der Waals surface area contributed by atoms with Gasteiger partial charge in [-0.1, -0.05) is 0 Å². The molecule has 0 aromatic heterocycles. The van der Waals surface area contributed by atoms with Crippen molar-refractivity contribution in [2.75, 3.05) is 12.3 Å². The second-order valence-electron chi connectivity index (χ2n) is 5.17. The van der Waals surface area contributed by atoms with E-state index in [2.05, 4.69) is 0 Å². The van der Waals surface area contributed by atoms with Crippen molar-refractivity contribution < 1.29 is 9.79 Å². The van der Waals surface area contributed by atoms with Gasteiger partial charge in [0.1, 0.15) is 0 Å². The summed E-state index contributed by atoms with van der Waals surface area (Å²) in [7, 11) is -4.14. The summed E-state index contributed by atoms with van der Waals surface area (Å²) in [5, 5.41) is 17.4. The van der Waals surface area contributed by atoms with E-state index in [9.17, 15) is 9.79 Å². The standard InChI is InChI=1S/C12H24N3O2P/c1-11(2)15(12(3)4)18(16,17,9-5-7-13)10-6-8-14/h11-12,16-17H,5-6,9-10H2,1-4H3. The van der Waals surface area contributed by atoms with Crippen LogP contribution in [-0.2, 0) is 0 Å². The summed E-state index contributed by atoms with van der Waals surface area (Å²) in [6.45, 7) is 7.58. The Morgan fingerprint density at radius 1 is 0.944 bits per heavy atom. The van der Waals surface area contributed by atoms with Gasteiger partial charge in [0.05, 0.1) is 0 Å². The van der Waals surface area contributed by atoms with E-state index in [4.69, 9.17) is 10.5 Å². The van der Waals surface area contributed by atoms with Gasteiger partial charge in [-0.15, -0.1) is 0 Å². The van der Waals surface area contributed by atoms with Gasteiger partial charge in [0.2, 0.25) is 0 Å². The Morgan fingerprint density at radius 2 is 1.28 bits per heavy atom. The SMILES string of the molecule is CC(C)N(C(C)C)P(O)(O)(CCC#N)CCC#N. The van der Waals surface area contributed by atoms with Crippen LogP contribution in [-0.4, -0.2) is 38.9 Å². The first-order chi connectivity index (χ1) is 8.18. The zero-order valence-electron chi connectivity index (χ0n) is 11.7. The van der Waals surface area contributed by atoms with E-state index in [-0.39, 0.29) is 37.2 Å². The van der Waals surface area contributed by atoms with Gasteiger partial charge in [-0.25, -0.2) is 0 Å². The molecule has 0 aliphatic rings. The van der Waals surface area contributed by atoms with Crippen molar-refractivity contribution >= 4 is 7.21 Å². The van der Waals surface area contributed by atoms with Gasteiger partial charge in [-0.05, 0) is 0 Å². The van der Waals surface area contributed by atoms with E-state index >= 15 is 0 Å². The van der Waals surface area contributed by atoms with E-state index in [1.54, 1.807) is 4.67 Å². The molecule has 0 fully saturated rings. The van der Waals surface area contributed by atoms with Gasteiger partial charge in [0.25, 0.3) is 0 Å². The molecule has 0 saturated heterocycles. The van der Waals surface area contributed by atoms with Crippen molar-refractivity contribution in [3.05, 3.63) is 0 Å². The Morgan fingerprint density at radius 3 is 1.50 bits per heavy atom. The number of nitriles is 2. The Labute approximate surface area is 110 Å². The average Bonchev–Trinajstić information content (AvgIpc) is 2.23. The molecule has 0 saturated carbocycles. The number of nitrogens with zero attached hydrogens (tertiary/aromatic N) is 3. The summed E-state index contributed by atoms with van der Waals surface area (Å²) < 4.78 is 1.69. The summed E-state index contributed by atoms with van der Waals surface area (Å²) in [6, 6.07) is 3.83. The van der Waals surface area contributed by atoms with Crippen LogP contribution >= 0.6 is 7.21 Å². The van der Waals surface area contributed by atoms with Crippen LogP contribution in [0.1, 0.15) is 40.5 Å². The first-order valence-corrected chi connectivity index (χ1v) is 8.68. The summed E-state index contributed by atoms with van der Waals surface area (Å²) in [5.74, 6) is 0. The molecular formula is C12H24N3O2P. The molecule has 104 valence electrons. The first-order valence-electron chi connectivity index (χ1n) is 6.21. The Kier molecular flexibility index (Phi) is 6.20. The molecule has 0 bridgehead atoms. The van der Waals surface area contributed by atoms with Crippen LogP contribution in [0, 0.1) is 22.7 Å². The molecule has 2 N–H and O–H groups in total. The summed E-state index contributed by atoms with van der Waals surface area (Å²) in [6.07, 6.45) is 0.263. The summed E-state index contributed by atoms with van der Waals surface area (Å²) >= 11 is 0. The Bertz CT molecular complexity index is 325. The molecule has 0 unspecified atom stereocenters. The van der Waals surface area contributed by atoms with Crippen LogP contribution in [0.5, 0.6) is 0 Å². The maximum atomic E-state index is 10.8. The normalized spacial score (nSPS) is 14.3. The summed E-state index contributed by atoms with van der Waals surface area (Å²) in [4.78, 5) is 21.7. The fraction of sp³-hybridized carbons (Fsp3) is 0.833. The van der Waals surface area contributed by atoms with Gasteiger partial charge in [-0.3, -0.25) is 0 Å². The summed E-state index contributed by atoms with van der Waals surface area (Å²) in [5.41, 5.74) is 0. The zero-order chi connectivity index (χ0) is 14.4. The van der Waals surface area contributed by atoms with Gasteiger partial charge in [0, 0.05) is 0 Å². The zero-order valence-corrected chi connectivity index (χ0v) is 12.6. The number of rotatable bonds is 7. The van der Waals surface area contributed by atoms with Crippen molar-refractivity contribution in [3.8, 4) is 12.1 Å². The van der Waals surface area contributed by atoms with Crippen LogP contribution in [0.3, 0.4) is 0 Å². The minimum absolute atomic E-state index is 0.0418. The van der Waals surface area contributed by atoms with Gasteiger partial charge < -0.3 is 0 Å². The fourth-order valence-electron chi connectivity index (χ4n) is 2.56. The molecule has 0 aliphatic heterocycles. The van der Waals surface area contributed by atoms with Crippen LogP contribution in [0.25, 0.3) is 0 Å². The van der Waals surface area contributed by atoms with Crippen molar-refractivity contribution in [2.24, 2.45) is 0 Å². The second kappa shape index (κ2) is 6.45. The Hall–Kier alpha value is -0.710. The molecule has 5 nitrogen and oxygen atoms in total. The molecule has 0 radical (unpaired) electrons. The second-order valence-corrected chi connectivity index (χ2v) is 9.21. The third-order valence-corrected chi connectivity index (χ3v) is 7.22. The van der Waals surface area contributed by atoms with E-state index in [1.807, 2.05) is 39.8 Å². The molecule has 6 heteroatoms. The van der Waals surface area contributed by atoms with Crippen LogP contribution in [0.4, 0.5) is 0 Å². The van der Waals surface area contributed by atoms with Gasteiger partial charge in [0.15, 0.2) is 0 Å². The van der Waals surface area contributed by atoms with Crippen LogP contribution in [0.15, 0.2) is 0 Å². The molecule has 0 rings (SSSR count). The van der Waals surface area contributed by atoms with Crippen molar-refractivity contribution in [1.29, 1.82) is 10.5 Å². The molecule has 0 aliphatic carbocycles. The first kappa shape index (κ1) is 17.3. The monoisotopic (exact) mass is 273 g/mol. The van der Waals surface area contributed by atoms with E-state index in [0.717, 1.165) is 0 Å². The Balaban J connectivity index is 5.41. The van der Waals surface area contributed by atoms with Gasteiger partial charge >= 0.3 is 109 Å². The van der Waals surface area contributed by atoms with E-state index < -0.39 is 7.21 Å². The molecule has 0 amide bonds. The minimum atomic E-state index is -4.14. The molecule has 18 heavy (non-hydrogen) atoms. The average molecular weight is 273 g/mol.